The number of amides is 2. The van der Waals surface area contributed by atoms with E-state index in [4.69, 9.17) is 18.9 Å². The first kappa shape index (κ1) is 44.8. The Morgan fingerprint density at radius 3 is 1.90 bits per heavy atom. The van der Waals surface area contributed by atoms with Gasteiger partial charge in [0.15, 0.2) is 0 Å². The average Bonchev–Trinajstić information content (AvgIpc) is 3.57. The molecule has 0 aliphatic rings. The summed E-state index contributed by atoms with van der Waals surface area (Å²) in [5.41, 5.74) is 1.15. The number of rotatable bonds is 11. The van der Waals surface area contributed by atoms with Crippen LogP contribution in [-0.2, 0) is 32.5 Å². The van der Waals surface area contributed by atoms with E-state index in [-0.39, 0.29) is 16.7 Å². The molecule has 0 bridgehead atoms. The van der Waals surface area contributed by atoms with Crippen LogP contribution in [0, 0.1) is 11.8 Å². The molecular formula is C46H53N3O7S2Si. The number of anilines is 1. The second-order valence-electron chi connectivity index (χ2n) is 17.0. The number of thiazole rings is 1. The molecule has 0 radical (unpaired) electrons. The number of sulfonamides is 1. The molecule has 5 aromatic rings. The molecule has 0 atom stereocenters. The topological polar surface area (TPSA) is 124 Å². The molecule has 0 unspecified atom stereocenters. The van der Waals surface area contributed by atoms with Crippen LogP contribution in [0.2, 0.25) is 5.04 Å². The monoisotopic (exact) mass is 851 g/mol. The number of carbonyl (C=O) groups excluding carboxylic acids is 2. The summed E-state index contributed by atoms with van der Waals surface area (Å²) in [6, 6.07) is 31.9. The molecule has 1 heterocycles. The van der Waals surface area contributed by atoms with Crippen molar-refractivity contribution in [1.82, 2.24) is 9.71 Å². The van der Waals surface area contributed by atoms with Gasteiger partial charge in [-0.05, 0) is 86.6 Å². The first-order valence-electron chi connectivity index (χ1n) is 19.3. The summed E-state index contributed by atoms with van der Waals surface area (Å²) in [6.07, 6.45) is -0.678. The zero-order valence-electron chi connectivity index (χ0n) is 35.2. The highest BCUT2D eigenvalue weighted by molar-refractivity contribution is 7.92. The normalized spacial score (nSPS) is 12.3. The van der Waals surface area contributed by atoms with Crippen LogP contribution in [0.25, 0.3) is 10.2 Å². The van der Waals surface area contributed by atoms with Gasteiger partial charge < -0.3 is 13.9 Å². The quantitative estimate of drug-likeness (QED) is 0.103. The van der Waals surface area contributed by atoms with Gasteiger partial charge in [0.2, 0.25) is 15.2 Å². The molecule has 1 aromatic heterocycles. The van der Waals surface area contributed by atoms with Crippen LogP contribution in [0.15, 0.2) is 109 Å². The first-order valence-corrected chi connectivity index (χ1v) is 23.6. The third-order valence-electron chi connectivity index (χ3n) is 8.93. The van der Waals surface area contributed by atoms with Gasteiger partial charge in [-0.25, -0.2) is 27.7 Å². The predicted molar refractivity (Wildman–Crippen MR) is 240 cm³/mol. The molecule has 13 heteroatoms. The van der Waals surface area contributed by atoms with Gasteiger partial charge >= 0.3 is 20.5 Å². The van der Waals surface area contributed by atoms with Crippen molar-refractivity contribution in [1.29, 1.82) is 0 Å². The molecule has 0 aliphatic heterocycles. The van der Waals surface area contributed by atoms with Crippen LogP contribution in [-0.4, -0.2) is 45.1 Å². The number of nitrogens with one attached hydrogen (secondary N) is 1. The number of hydrogen-bond acceptors (Lipinski definition) is 9. The fraction of sp³-hybridized carbons (Fsp3) is 0.326. The second-order valence-corrected chi connectivity index (χ2v) is 24.0. The largest absolute Gasteiger partial charge is 0.532 e. The summed E-state index contributed by atoms with van der Waals surface area (Å²) in [6.45, 7) is 20.4. The third-order valence-corrected chi connectivity index (χ3v) is 15.8. The van der Waals surface area contributed by atoms with E-state index < -0.39 is 41.7 Å². The minimum Gasteiger partial charge on any atom is -0.532 e. The average molecular weight is 852 g/mol. The van der Waals surface area contributed by atoms with E-state index in [0.29, 0.717) is 34.4 Å². The molecule has 0 fully saturated rings. The van der Waals surface area contributed by atoms with E-state index in [1.807, 2.05) is 72.8 Å². The van der Waals surface area contributed by atoms with Crippen molar-refractivity contribution >= 4 is 67.6 Å². The van der Waals surface area contributed by atoms with Crippen LogP contribution in [0.1, 0.15) is 85.4 Å². The molecule has 0 saturated carbocycles. The van der Waals surface area contributed by atoms with E-state index >= 15 is 0 Å². The van der Waals surface area contributed by atoms with Gasteiger partial charge in [-0.3, -0.25) is 0 Å². The van der Waals surface area contributed by atoms with Gasteiger partial charge in [0, 0.05) is 23.9 Å². The lowest BCUT2D eigenvalue weighted by Crippen LogP contribution is -2.68. The van der Waals surface area contributed by atoms with E-state index in [0.717, 1.165) is 43.1 Å². The van der Waals surface area contributed by atoms with Crippen LogP contribution >= 0.6 is 11.3 Å². The number of imide groups is 1. The molecule has 2 amide bonds. The lowest BCUT2D eigenvalue weighted by molar-refractivity contribution is 0.0430. The Labute approximate surface area is 353 Å². The minimum atomic E-state index is -3.55. The summed E-state index contributed by atoms with van der Waals surface area (Å²) >= 11 is 1.14. The number of hydrogen-bond donors (Lipinski definition) is 1. The summed E-state index contributed by atoms with van der Waals surface area (Å²) in [5, 5.41) is 2.68. The van der Waals surface area contributed by atoms with Gasteiger partial charge in [-0.15, -0.1) is 0 Å². The maximum absolute atomic E-state index is 13.7. The molecule has 4 aromatic carbocycles. The summed E-state index contributed by atoms with van der Waals surface area (Å²) in [4.78, 5) is 33.3. The highest BCUT2D eigenvalue weighted by Crippen LogP contribution is 2.42. The highest BCUT2D eigenvalue weighted by atomic mass is 32.2. The van der Waals surface area contributed by atoms with Gasteiger partial charge in [-0.2, -0.15) is 4.90 Å². The van der Waals surface area contributed by atoms with Crippen molar-refractivity contribution in [2.24, 2.45) is 0 Å². The molecular weight excluding hydrogens is 799 g/mol. The Morgan fingerprint density at radius 1 is 0.814 bits per heavy atom. The van der Waals surface area contributed by atoms with Crippen molar-refractivity contribution < 1.29 is 31.9 Å². The minimum absolute atomic E-state index is 0.0659. The molecule has 0 saturated heterocycles. The first-order chi connectivity index (χ1) is 27.6. The number of aryl methyl sites for hydroxylation is 1. The molecule has 310 valence electrons. The second kappa shape index (κ2) is 17.9. The van der Waals surface area contributed by atoms with Crippen LogP contribution in [0.3, 0.4) is 0 Å². The summed E-state index contributed by atoms with van der Waals surface area (Å²) in [7, 11) is -6.74. The Kier molecular flexibility index (Phi) is 13.6. The van der Waals surface area contributed by atoms with Crippen LogP contribution in [0.5, 0.6) is 5.75 Å². The highest BCUT2D eigenvalue weighted by Gasteiger charge is 2.52. The van der Waals surface area contributed by atoms with Crippen molar-refractivity contribution in [3.63, 3.8) is 0 Å². The van der Waals surface area contributed by atoms with Crippen LogP contribution < -0.4 is 24.4 Å². The number of aromatic nitrogens is 1. The molecule has 59 heavy (non-hydrogen) atoms. The van der Waals surface area contributed by atoms with Gasteiger partial charge in [0.05, 0.1) is 4.70 Å². The van der Waals surface area contributed by atoms with E-state index in [2.05, 4.69) is 68.2 Å². The lowest BCUT2D eigenvalue weighted by Gasteiger charge is -2.43. The Bertz CT molecular complexity index is 2410. The zero-order chi connectivity index (χ0) is 43.2. The van der Waals surface area contributed by atoms with Gasteiger partial charge in [0.1, 0.15) is 22.5 Å². The predicted octanol–water partition coefficient (Wildman–Crippen LogP) is 9.46. The zero-order valence-corrected chi connectivity index (χ0v) is 37.8. The van der Waals surface area contributed by atoms with E-state index in [1.165, 1.54) is 0 Å². The molecule has 5 rings (SSSR count). The van der Waals surface area contributed by atoms with Crippen molar-refractivity contribution in [3.8, 4) is 17.6 Å². The van der Waals surface area contributed by atoms with Crippen molar-refractivity contribution in [2.45, 2.75) is 97.9 Å². The number of nitrogens with zero attached hydrogens (tertiary/aromatic N) is 2. The SMILES string of the molecule is C=CS(=O)(=O)NCc1cccc(CCC#Cc2cc(O[Si](c3ccccc3)(c3ccccc3)C(C)(C)C)c3nc(N(C(=O)OC(C)(C)C)C(=O)OC(C)(C)C)sc3c2)c1. The molecule has 10 nitrogen and oxygen atoms in total. The number of benzene rings is 4. The van der Waals surface area contributed by atoms with E-state index in [1.54, 1.807) is 41.5 Å². The summed E-state index contributed by atoms with van der Waals surface area (Å²) < 4.78 is 45.8. The maximum atomic E-state index is 13.7. The van der Waals surface area contributed by atoms with E-state index in [9.17, 15) is 18.0 Å². The fourth-order valence-electron chi connectivity index (χ4n) is 6.40. The lowest BCUT2D eigenvalue weighted by atomic mass is 10.1. The van der Waals surface area contributed by atoms with Gasteiger partial charge in [-0.1, -0.05) is 135 Å². The third kappa shape index (κ3) is 11.5. The summed E-state index contributed by atoms with van der Waals surface area (Å²) in [5.74, 6) is 7.10. The van der Waals surface area contributed by atoms with Crippen molar-refractivity contribution in [2.75, 3.05) is 4.90 Å². The van der Waals surface area contributed by atoms with Crippen LogP contribution in [0.4, 0.5) is 14.7 Å². The maximum Gasteiger partial charge on any atom is 0.426 e. The molecule has 0 aliphatic carbocycles. The van der Waals surface area contributed by atoms with Gasteiger partial charge in [0.25, 0.3) is 0 Å². The van der Waals surface area contributed by atoms with Crippen molar-refractivity contribution in [3.05, 3.63) is 126 Å². The molecule has 0 spiro atoms. The number of carbonyl (C=O) groups is 2. The Morgan fingerprint density at radius 2 is 1.37 bits per heavy atom. The fourth-order valence-corrected chi connectivity index (χ4v) is 12.3. The standard InChI is InChI=1S/C46H53N3O7S2Si/c1-11-58(52,53)47-32-35-24-20-23-33(29-35)21-18-19-22-34-30-38(56-59(46(8,9)10,36-25-14-12-15-26-36)37-27-16-13-17-28-37)40-39(31-34)57-41(48-40)49(42(50)54-44(2,3)4)43(51)55-45(5,6)7/h11-17,20,23-31,47H,1,18,21,32H2,2-10H3. The number of fused-ring (bicyclic) bond motifs is 1. The molecule has 1 N–H and O–H groups in total. The Hall–Kier alpha value is -5.26. The smallest absolute Gasteiger partial charge is 0.426 e. The number of ether oxygens (including phenoxy) is 2. The Balaban J connectivity index is 1.64.